The lowest BCUT2D eigenvalue weighted by Crippen LogP contribution is -2.32. The lowest BCUT2D eigenvalue weighted by atomic mass is 10.1. The van der Waals surface area contributed by atoms with E-state index in [9.17, 15) is 14.4 Å². The van der Waals surface area contributed by atoms with E-state index in [1.54, 1.807) is 24.3 Å². The Balaban J connectivity index is 1.61. The van der Waals surface area contributed by atoms with Crippen molar-refractivity contribution >= 4 is 51.2 Å². The number of hydrogen-bond acceptors (Lipinski definition) is 6. The fourth-order valence-corrected chi connectivity index (χ4v) is 4.20. The third-order valence-electron chi connectivity index (χ3n) is 5.58. The predicted molar refractivity (Wildman–Crippen MR) is 151 cm³/mol. The number of rotatable bonds is 9. The fourth-order valence-electron chi connectivity index (χ4n) is 3.63. The number of aryl methyl sites for hydroxylation is 3. The Bertz CT molecular complexity index is 1350. The Hall–Kier alpha value is -4.18. The molecule has 0 atom stereocenters. The standard InChI is InChI=1S/C28H29BrN4O5/c1-5-20-11-6-7-12-22(20)31-27(35)28(36)33-30-15-19-13-21(29)26(23(14-19)37-4)38-16-24(34)32-25-17(2)9-8-10-18(25)3/h6-15H,5,16H2,1-4H3,(H,31,35)(H,32,34)(H,33,36)/b30-15-. The van der Waals surface area contributed by atoms with Crippen molar-refractivity contribution in [1.82, 2.24) is 5.43 Å². The minimum Gasteiger partial charge on any atom is -0.493 e. The second-order valence-corrected chi connectivity index (χ2v) is 9.16. The van der Waals surface area contributed by atoms with Crippen molar-refractivity contribution in [2.75, 3.05) is 24.4 Å². The molecule has 0 saturated heterocycles. The number of benzene rings is 3. The molecule has 0 aliphatic rings. The van der Waals surface area contributed by atoms with Crippen LogP contribution in [0, 0.1) is 13.8 Å². The fraction of sp³-hybridized carbons (Fsp3) is 0.214. The van der Waals surface area contributed by atoms with Crippen LogP contribution in [0.4, 0.5) is 11.4 Å². The molecule has 3 aromatic carbocycles. The first kappa shape index (κ1) is 28.4. The summed E-state index contributed by atoms with van der Waals surface area (Å²) in [6.07, 6.45) is 2.07. The maximum atomic E-state index is 12.5. The quantitative estimate of drug-likeness (QED) is 0.192. The summed E-state index contributed by atoms with van der Waals surface area (Å²) < 4.78 is 11.6. The van der Waals surface area contributed by atoms with Gasteiger partial charge in [0.1, 0.15) is 0 Å². The van der Waals surface area contributed by atoms with Crippen molar-refractivity contribution in [3.05, 3.63) is 81.3 Å². The summed E-state index contributed by atoms with van der Waals surface area (Å²) >= 11 is 3.42. The smallest absolute Gasteiger partial charge is 0.329 e. The van der Waals surface area contributed by atoms with Crippen LogP contribution in [0.25, 0.3) is 0 Å². The molecule has 198 valence electrons. The van der Waals surface area contributed by atoms with Crippen LogP contribution in [0.3, 0.4) is 0 Å². The average molecular weight is 581 g/mol. The van der Waals surface area contributed by atoms with Gasteiger partial charge in [-0.1, -0.05) is 43.3 Å². The topological polar surface area (TPSA) is 118 Å². The molecule has 38 heavy (non-hydrogen) atoms. The number of nitrogens with one attached hydrogen (secondary N) is 3. The van der Waals surface area contributed by atoms with Gasteiger partial charge >= 0.3 is 11.8 Å². The Morgan fingerprint density at radius 1 is 0.974 bits per heavy atom. The van der Waals surface area contributed by atoms with E-state index in [0.29, 0.717) is 33.6 Å². The third kappa shape index (κ3) is 7.42. The first-order valence-electron chi connectivity index (χ1n) is 11.8. The van der Waals surface area contributed by atoms with Gasteiger partial charge in [0, 0.05) is 11.4 Å². The zero-order chi connectivity index (χ0) is 27.7. The van der Waals surface area contributed by atoms with Crippen LogP contribution in [-0.2, 0) is 20.8 Å². The molecule has 0 bridgehead atoms. The number of carbonyl (C=O) groups excluding carboxylic acids is 3. The minimum absolute atomic E-state index is 0.234. The summed E-state index contributed by atoms with van der Waals surface area (Å²) in [5, 5.41) is 9.32. The summed E-state index contributed by atoms with van der Waals surface area (Å²) in [6.45, 7) is 5.56. The zero-order valence-corrected chi connectivity index (χ0v) is 23.1. The predicted octanol–water partition coefficient (Wildman–Crippen LogP) is 4.74. The molecule has 0 aromatic heterocycles. The second kappa shape index (κ2) is 13.4. The molecule has 0 heterocycles. The molecule has 3 N–H and O–H groups in total. The summed E-state index contributed by atoms with van der Waals surface area (Å²) in [7, 11) is 1.46. The van der Waals surface area contributed by atoms with E-state index in [4.69, 9.17) is 9.47 Å². The zero-order valence-electron chi connectivity index (χ0n) is 21.6. The Morgan fingerprint density at radius 3 is 2.37 bits per heavy atom. The lowest BCUT2D eigenvalue weighted by molar-refractivity contribution is -0.136. The van der Waals surface area contributed by atoms with E-state index in [1.165, 1.54) is 13.3 Å². The molecule has 0 aliphatic carbocycles. The van der Waals surface area contributed by atoms with Crippen molar-refractivity contribution < 1.29 is 23.9 Å². The van der Waals surface area contributed by atoms with Crippen molar-refractivity contribution in [3.63, 3.8) is 0 Å². The van der Waals surface area contributed by atoms with Crippen LogP contribution in [0.15, 0.2) is 64.2 Å². The van der Waals surface area contributed by atoms with Gasteiger partial charge in [0.05, 0.1) is 17.8 Å². The van der Waals surface area contributed by atoms with Crippen molar-refractivity contribution in [1.29, 1.82) is 0 Å². The number of carbonyl (C=O) groups is 3. The number of hydrazone groups is 1. The van der Waals surface area contributed by atoms with Gasteiger partial charge in [-0.2, -0.15) is 5.10 Å². The second-order valence-electron chi connectivity index (χ2n) is 8.30. The molecular formula is C28H29BrN4O5. The van der Waals surface area contributed by atoms with Gasteiger partial charge in [0.15, 0.2) is 18.1 Å². The van der Waals surface area contributed by atoms with E-state index < -0.39 is 11.8 Å². The summed E-state index contributed by atoms with van der Waals surface area (Å²) in [6, 6.07) is 16.3. The van der Waals surface area contributed by atoms with E-state index >= 15 is 0 Å². The minimum atomic E-state index is -0.909. The van der Waals surface area contributed by atoms with Gasteiger partial charge in [-0.05, 0) is 76.7 Å². The normalized spacial score (nSPS) is 10.7. The van der Waals surface area contributed by atoms with Crippen LogP contribution in [0.2, 0.25) is 0 Å². The number of methoxy groups -OCH3 is 1. The summed E-state index contributed by atoms with van der Waals surface area (Å²) in [5.74, 6) is -1.37. The monoisotopic (exact) mass is 580 g/mol. The molecule has 0 fully saturated rings. The SMILES string of the molecule is CCc1ccccc1NC(=O)C(=O)N/N=C\c1cc(Br)c(OCC(=O)Nc2c(C)cccc2C)c(OC)c1. The van der Waals surface area contributed by atoms with Gasteiger partial charge in [-0.3, -0.25) is 14.4 Å². The molecular weight excluding hydrogens is 552 g/mol. The largest absolute Gasteiger partial charge is 0.493 e. The number of amides is 3. The van der Waals surface area contributed by atoms with Crippen LogP contribution < -0.4 is 25.5 Å². The van der Waals surface area contributed by atoms with Crippen molar-refractivity contribution in [3.8, 4) is 11.5 Å². The first-order valence-corrected chi connectivity index (χ1v) is 12.6. The average Bonchev–Trinajstić information content (AvgIpc) is 2.90. The highest BCUT2D eigenvalue weighted by Crippen LogP contribution is 2.36. The number of para-hydroxylation sites is 2. The number of ether oxygens (including phenoxy) is 2. The highest BCUT2D eigenvalue weighted by molar-refractivity contribution is 9.10. The summed E-state index contributed by atoms with van der Waals surface area (Å²) in [4.78, 5) is 36.9. The Kier molecular flexibility index (Phi) is 10.0. The van der Waals surface area contributed by atoms with E-state index in [1.807, 2.05) is 51.1 Å². The van der Waals surface area contributed by atoms with E-state index in [-0.39, 0.29) is 12.5 Å². The van der Waals surface area contributed by atoms with Gasteiger partial charge in [0.2, 0.25) is 0 Å². The molecule has 9 nitrogen and oxygen atoms in total. The molecule has 0 aliphatic heterocycles. The van der Waals surface area contributed by atoms with Crippen LogP contribution in [0.1, 0.15) is 29.2 Å². The summed E-state index contributed by atoms with van der Waals surface area (Å²) in [5.41, 5.74) is 6.92. The molecule has 0 spiro atoms. The maximum Gasteiger partial charge on any atom is 0.329 e. The number of anilines is 2. The van der Waals surface area contributed by atoms with Crippen molar-refractivity contribution in [2.24, 2.45) is 5.10 Å². The highest BCUT2D eigenvalue weighted by Gasteiger charge is 2.16. The number of hydrogen-bond donors (Lipinski definition) is 3. The highest BCUT2D eigenvalue weighted by atomic mass is 79.9. The third-order valence-corrected chi connectivity index (χ3v) is 6.17. The Labute approximate surface area is 229 Å². The van der Waals surface area contributed by atoms with Crippen LogP contribution in [0.5, 0.6) is 11.5 Å². The number of halogens is 1. The molecule has 3 rings (SSSR count). The maximum absolute atomic E-state index is 12.5. The Morgan fingerprint density at radius 2 is 1.68 bits per heavy atom. The van der Waals surface area contributed by atoms with Crippen LogP contribution in [-0.4, -0.2) is 37.7 Å². The molecule has 0 radical (unpaired) electrons. The van der Waals surface area contributed by atoms with Gasteiger partial charge in [-0.15, -0.1) is 0 Å². The van der Waals surface area contributed by atoms with Crippen LogP contribution >= 0.6 is 15.9 Å². The van der Waals surface area contributed by atoms with Gasteiger partial charge < -0.3 is 20.1 Å². The number of nitrogens with zero attached hydrogens (tertiary/aromatic N) is 1. The lowest BCUT2D eigenvalue weighted by Gasteiger charge is -2.15. The molecule has 3 aromatic rings. The molecule has 3 amide bonds. The first-order chi connectivity index (χ1) is 18.2. The van der Waals surface area contributed by atoms with Gasteiger partial charge in [0.25, 0.3) is 5.91 Å². The molecule has 10 heteroatoms. The van der Waals surface area contributed by atoms with Crippen molar-refractivity contribution in [2.45, 2.75) is 27.2 Å². The van der Waals surface area contributed by atoms with E-state index in [0.717, 1.165) is 22.4 Å². The van der Waals surface area contributed by atoms with Gasteiger partial charge in [-0.25, -0.2) is 5.43 Å². The van der Waals surface area contributed by atoms with E-state index in [2.05, 4.69) is 37.1 Å². The molecule has 0 saturated carbocycles. The molecule has 0 unspecified atom stereocenters.